The van der Waals surface area contributed by atoms with Crippen LogP contribution in [0.2, 0.25) is 0 Å². The molecule has 2 heterocycles. The van der Waals surface area contributed by atoms with Crippen LogP contribution >= 0.6 is 0 Å². The summed E-state index contributed by atoms with van der Waals surface area (Å²) in [6.07, 6.45) is 2.79. The van der Waals surface area contributed by atoms with Crippen molar-refractivity contribution in [2.45, 2.75) is 38.0 Å². The molecule has 2 saturated heterocycles. The number of amides is 3. The molecule has 7 heteroatoms. The van der Waals surface area contributed by atoms with Gasteiger partial charge < -0.3 is 19.5 Å². The molecule has 2 aliphatic heterocycles. The summed E-state index contributed by atoms with van der Waals surface area (Å²) in [5.41, 5.74) is -0.979. The van der Waals surface area contributed by atoms with Gasteiger partial charge in [-0.3, -0.25) is 9.69 Å². The van der Waals surface area contributed by atoms with E-state index in [1.165, 1.54) is 12.0 Å². The fourth-order valence-corrected chi connectivity index (χ4v) is 2.45. The van der Waals surface area contributed by atoms with Crippen LogP contribution in [0, 0.1) is 0 Å². The van der Waals surface area contributed by atoms with Crippen LogP contribution in [0.3, 0.4) is 0 Å². The number of rotatable bonds is 6. The second-order valence-corrected chi connectivity index (χ2v) is 5.32. The average molecular weight is 286 g/mol. The third kappa shape index (κ3) is 3.28. The van der Waals surface area contributed by atoms with Crippen LogP contribution in [0.25, 0.3) is 0 Å². The van der Waals surface area contributed by atoms with Crippen LogP contribution in [0.4, 0.5) is 4.79 Å². The van der Waals surface area contributed by atoms with Crippen molar-refractivity contribution in [3.05, 3.63) is 0 Å². The molecule has 0 bridgehead atoms. The Bertz CT molecular complexity index is 370. The van der Waals surface area contributed by atoms with Crippen LogP contribution in [-0.4, -0.2) is 62.1 Å². The highest BCUT2D eigenvalue weighted by Gasteiger charge is 2.47. The topological polar surface area (TPSA) is 77.1 Å². The summed E-state index contributed by atoms with van der Waals surface area (Å²) in [5.74, 6) is -0.280. The van der Waals surface area contributed by atoms with Gasteiger partial charge in [0.2, 0.25) is 0 Å². The van der Waals surface area contributed by atoms with Crippen molar-refractivity contribution in [2.24, 2.45) is 0 Å². The first-order valence-corrected chi connectivity index (χ1v) is 6.93. The molecule has 0 radical (unpaired) electrons. The van der Waals surface area contributed by atoms with Gasteiger partial charge in [-0.1, -0.05) is 0 Å². The van der Waals surface area contributed by atoms with E-state index < -0.39 is 11.6 Å². The van der Waals surface area contributed by atoms with Gasteiger partial charge in [-0.15, -0.1) is 0 Å². The van der Waals surface area contributed by atoms with Crippen LogP contribution < -0.4 is 5.32 Å². The summed E-state index contributed by atoms with van der Waals surface area (Å²) in [6, 6.07) is -0.400. The normalized spacial score (nSPS) is 30.7. The third-order valence-corrected chi connectivity index (χ3v) is 3.53. The number of imide groups is 1. The zero-order valence-corrected chi connectivity index (χ0v) is 12.0. The second-order valence-electron chi connectivity index (χ2n) is 5.32. The van der Waals surface area contributed by atoms with Gasteiger partial charge in [0.05, 0.1) is 19.8 Å². The highest BCUT2D eigenvalue weighted by atomic mass is 16.7. The molecular weight excluding hydrogens is 264 g/mol. The van der Waals surface area contributed by atoms with Gasteiger partial charge in [-0.25, -0.2) is 4.79 Å². The molecule has 3 amide bonds. The minimum Gasteiger partial charge on any atom is -0.382 e. The summed E-state index contributed by atoms with van der Waals surface area (Å²) in [5, 5.41) is 2.65. The maximum Gasteiger partial charge on any atom is 0.325 e. The third-order valence-electron chi connectivity index (χ3n) is 3.53. The van der Waals surface area contributed by atoms with E-state index in [1.54, 1.807) is 6.92 Å². The quantitative estimate of drug-likeness (QED) is 0.719. The van der Waals surface area contributed by atoms with E-state index in [1.807, 2.05) is 0 Å². The van der Waals surface area contributed by atoms with E-state index in [9.17, 15) is 9.59 Å². The Kier molecular flexibility index (Phi) is 4.95. The van der Waals surface area contributed by atoms with Gasteiger partial charge in [-0.05, 0) is 26.2 Å². The highest BCUT2D eigenvalue weighted by Crippen LogP contribution is 2.18. The maximum atomic E-state index is 12.2. The predicted molar refractivity (Wildman–Crippen MR) is 70.1 cm³/mol. The first-order chi connectivity index (χ1) is 9.57. The fourth-order valence-electron chi connectivity index (χ4n) is 2.45. The lowest BCUT2D eigenvalue weighted by Gasteiger charge is -2.24. The van der Waals surface area contributed by atoms with Gasteiger partial charge in [-0.2, -0.15) is 0 Å². The summed E-state index contributed by atoms with van der Waals surface area (Å²) < 4.78 is 16.0. The largest absolute Gasteiger partial charge is 0.382 e. The number of hydrogen-bond donors (Lipinski definition) is 1. The Hall–Kier alpha value is -1.18. The Labute approximate surface area is 118 Å². The molecule has 0 aromatic rings. The predicted octanol–water partition coefficient (Wildman–Crippen LogP) is 0.486. The Morgan fingerprint density at radius 3 is 2.90 bits per heavy atom. The lowest BCUT2D eigenvalue weighted by Crippen LogP contribution is -2.48. The van der Waals surface area contributed by atoms with Crippen molar-refractivity contribution < 1.29 is 23.8 Å². The molecule has 2 rings (SSSR count). The Morgan fingerprint density at radius 1 is 1.45 bits per heavy atom. The number of methoxy groups -OCH3 is 1. The molecule has 0 aliphatic carbocycles. The first kappa shape index (κ1) is 15.2. The number of nitrogens with one attached hydrogen (secondary N) is 1. The fraction of sp³-hybridized carbons (Fsp3) is 0.846. The average Bonchev–Trinajstić information content (AvgIpc) is 2.63. The first-order valence-electron chi connectivity index (χ1n) is 6.93. The van der Waals surface area contributed by atoms with E-state index in [0.717, 1.165) is 19.3 Å². The van der Waals surface area contributed by atoms with Crippen molar-refractivity contribution in [3.8, 4) is 0 Å². The van der Waals surface area contributed by atoms with Crippen LogP contribution in [0.15, 0.2) is 0 Å². The highest BCUT2D eigenvalue weighted by molar-refractivity contribution is 6.06. The van der Waals surface area contributed by atoms with E-state index in [4.69, 9.17) is 14.2 Å². The molecule has 2 atom stereocenters. The molecule has 1 N–H and O–H groups in total. The molecule has 20 heavy (non-hydrogen) atoms. The number of nitrogens with zero attached hydrogens (tertiary/aromatic N) is 1. The zero-order valence-electron chi connectivity index (χ0n) is 12.0. The summed E-state index contributed by atoms with van der Waals surface area (Å²) >= 11 is 0. The number of hydrogen-bond acceptors (Lipinski definition) is 5. The summed E-state index contributed by atoms with van der Waals surface area (Å²) in [6.45, 7) is 3.03. The van der Waals surface area contributed by atoms with E-state index in [0.29, 0.717) is 6.61 Å². The second kappa shape index (κ2) is 6.51. The van der Waals surface area contributed by atoms with E-state index in [-0.39, 0.29) is 32.0 Å². The smallest absolute Gasteiger partial charge is 0.325 e. The standard InChI is InChI=1S/C13H22N2O5/c1-13(9-18-2)11(16)15(12(17)14-13)6-8-20-10-5-3-4-7-19-10/h10H,3-9H2,1-2H3,(H,14,17)/t10-,13+/m0/s1. The minimum absolute atomic E-state index is 0.153. The van der Waals surface area contributed by atoms with E-state index >= 15 is 0 Å². The van der Waals surface area contributed by atoms with Gasteiger partial charge >= 0.3 is 6.03 Å². The molecule has 0 unspecified atom stereocenters. The van der Waals surface area contributed by atoms with Crippen molar-refractivity contribution in [1.82, 2.24) is 10.2 Å². The van der Waals surface area contributed by atoms with E-state index in [2.05, 4.69) is 5.32 Å². The number of ether oxygens (including phenoxy) is 3. The molecule has 0 spiro atoms. The molecule has 0 saturated carbocycles. The van der Waals surface area contributed by atoms with Crippen LogP contribution in [0.5, 0.6) is 0 Å². The minimum atomic E-state index is -0.979. The molecule has 2 aliphatic rings. The van der Waals surface area contributed by atoms with Crippen LogP contribution in [-0.2, 0) is 19.0 Å². The van der Waals surface area contributed by atoms with Crippen LogP contribution in [0.1, 0.15) is 26.2 Å². The molecule has 0 aromatic heterocycles. The maximum absolute atomic E-state index is 12.2. The molecular formula is C13H22N2O5. The van der Waals surface area contributed by atoms with Gasteiger partial charge in [0.1, 0.15) is 5.54 Å². The zero-order chi connectivity index (χ0) is 14.6. The Balaban J connectivity index is 1.80. The van der Waals surface area contributed by atoms with Gasteiger partial charge in [0.15, 0.2) is 6.29 Å². The molecule has 114 valence electrons. The summed E-state index contributed by atoms with van der Waals surface area (Å²) in [7, 11) is 1.50. The SMILES string of the molecule is COC[C@@]1(C)NC(=O)N(CCO[C@H]2CCCCO2)C1=O. The van der Waals surface area contributed by atoms with Crippen molar-refractivity contribution in [3.63, 3.8) is 0 Å². The lowest BCUT2D eigenvalue weighted by atomic mass is 10.0. The molecule has 7 nitrogen and oxygen atoms in total. The van der Waals surface area contributed by atoms with Crippen molar-refractivity contribution >= 4 is 11.9 Å². The number of carbonyl (C=O) groups is 2. The molecule has 2 fully saturated rings. The summed E-state index contributed by atoms with van der Waals surface area (Å²) in [4.78, 5) is 25.2. The van der Waals surface area contributed by atoms with Crippen molar-refractivity contribution in [1.29, 1.82) is 0 Å². The van der Waals surface area contributed by atoms with Gasteiger partial charge in [0.25, 0.3) is 5.91 Å². The number of urea groups is 1. The number of carbonyl (C=O) groups excluding carboxylic acids is 2. The molecule has 0 aromatic carbocycles. The monoisotopic (exact) mass is 286 g/mol. The lowest BCUT2D eigenvalue weighted by molar-refractivity contribution is -0.164. The van der Waals surface area contributed by atoms with Gasteiger partial charge in [0, 0.05) is 13.7 Å². The van der Waals surface area contributed by atoms with Crippen molar-refractivity contribution in [2.75, 3.05) is 33.5 Å². The Morgan fingerprint density at radius 2 is 2.25 bits per heavy atom.